The number of hydrogen-bond acceptors (Lipinski definition) is 2. The van der Waals surface area contributed by atoms with Crippen molar-refractivity contribution in [3.63, 3.8) is 0 Å². The van der Waals surface area contributed by atoms with E-state index < -0.39 is 0 Å². The Labute approximate surface area is 128 Å². The summed E-state index contributed by atoms with van der Waals surface area (Å²) in [7, 11) is 0. The van der Waals surface area contributed by atoms with Crippen molar-refractivity contribution in [2.24, 2.45) is 16.6 Å². The Morgan fingerprint density at radius 2 is 1.76 bits per heavy atom. The Bertz CT molecular complexity index is 342. The molecule has 1 amide bonds. The molecule has 0 radical (unpaired) electrons. The van der Waals surface area contributed by atoms with Crippen molar-refractivity contribution in [2.45, 2.75) is 57.8 Å². The fourth-order valence-corrected chi connectivity index (χ4v) is 3.31. The highest BCUT2D eigenvalue weighted by Gasteiger charge is 2.18. The normalized spacial score (nSPS) is 21.3. The number of aliphatic imine (C=N–C) groups is 1. The summed E-state index contributed by atoms with van der Waals surface area (Å²) in [6.07, 6.45) is 10.7. The predicted octanol–water partition coefficient (Wildman–Crippen LogP) is 1.87. The Morgan fingerprint density at radius 3 is 2.43 bits per heavy atom. The van der Waals surface area contributed by atoms with E-state index in [-0.39, 0.29) is 5.91 Å². The molecule has 1 saturated carbocycles. The zero-order chi connectivity index (χ0) is 14.9. The van der Waals surface area contributed by atoms with Crippen LogP contribution in [0.3, 0.4) is 0 Å². The number of nitrogens with one attached hydrogen (secondary N) is 1. The Kier molecular flexibility index (Phi) is 6.83. The van der Waals surface area contributed by atoms with E-state index in [2.05, 4.69) is 15.2 Å². The van der Waals surface area contributed by atoms with Gasteiger partial charge in [-0.05, 0) is 31.6 Å². The first-order valence-electron chi connectivity index (χ1n) is 8.57. The maximum absolute atomic E-state index is 11.8. The van der Waals surface area contributed by atoms with E-state index in [1.807, 2.05) is 0 Å². The summed E-state index contributed by atoms with van der Waals surface area (Å²) >= 11 is 0. The molecule has 0 atom stereocenters. The largest absolute Gasteiger partial charge is 0.370 e. The second-order valence-corrected chi connectivity index (χ2v) is 6.35. The van der Waals surface area contributed by atoms with Crippen molar-refractivity contribution in [1.82, 2.24) is 10.2 Å². The van der Waals surface area contributed by atoms with Crippen molar-refractivity contribution < 1.29 is 4.79 Å². The van der Waals surface area contributed by atoms with Gasteiger partial charge in [-0.15, -0.1) is 0 Å². The summed E-state index contributed by atoms with van der Waals surface area (Å²) in [5.41, 5.74) is 6.03. The summed E-state index contributed by atoms with van der Waals surface area (Å²) in [5.74, 6) is 1.42. The highest BCUT2D eigenvalue weighted by molar-refractivity contribution is 5.78. The lowest BCUT2D eigenvalue weighted by Gasteiger charge is -2.21. The van der Waals surface area contributed by atoms with Gasteiger partial charge in [0, 0.05) is 26.1 Å². The van der Waals surface area contributed by atoms with E-state index in [1.54, 1.807) is 0 Å². The average molecular weight is 294 g/mol. The van der Waals surface area contributed by atoms with Gasteiger partial charge in [-0.1, -0.05) is 25.7 Å². The number of likely N-dealkylation sites (tertiary alicyclic amines) is 1. The Morgan fingerprint density at radius 1 is 1.10 bits per heavy atom. The molecule has 0 aromatic carbocycles. The molecular formula is C16H30N4O. The van der Waals surface area contributed by atoms with Crippen LogP contribution in [0.5, 0.6) is 0 Å². The van der Waals surface area contributed by atoms with Crippen LogP contribution in [-0.2, 0) is 4.79 Å². The lowest BCUT2D eigenvalue weighted by atomic mass is 10.0. The third kappa shape index (κ3) is 5.94. The molecule has 1 saturated heterocycles. The minimum Gasteiger partial charge on any atom is -0.370 e. The van der Waals surface area contributed by atoms with Gasteiger partial charge in [-0.2, -0.15) is 0 Å². The zero-order valence-corrected chi connectivity index (χ0v) is 13.1. The van der Waals surface area contributed by atoms with Crippen molar-refractivity contribution in [2.75, 3.05) is 26.2 Å². The molecule has 2 aliphatic rings. The molecule has 0 spiro atoms. The van der Waals surface area contributed by atoms with Gasteiger partial charge in [0.15, 0.2) is 5.96 Å². The molecule has 2 rings (SSSR count). The van der Waals surface area contributed by atoms with Crippen molar-refractivity contribution in [3.05, 3.63) is 0 Å². The monoisotopic (exact) mass is 294 g/mol. The van der Waals surface area contributed by atoms with Crippen LogP contribution in [0.25, 0.3) is 0 Å². The third-order valence-electron chi connectivity index (χ3n) is 4.59. The van der Waals surface area contributed by atoms with Crippen molar-refractivity contribution >= 4 is 11.9 Å². The highest BCUT2D eigenvalue weighted by Crippen LogP contribution is 2.27. The molecule has 21 heavy (non-hydrogen) atoms. The molecule has 120 valence electrons. The van der Waals surface area contributed by atoms with Crippen LogP contribution in [0.1, 0.15) is 57.8 Å². The smallest absolute Gasteiger partial charge is 0.220 e. The molecule has 0 aromatic rings. The van der Waals surface area contributed by atoms with Crippen LogP contribution in [-0.4, -0.2) is 42.9 Å². The summed E-state index contributed by atoms with van der Waals surface area (Å²) in [6, 6.07) is 0. The number of nitrogens with two attached hydrogens (primary N) is 1. The van der Waals surface area contributed by atoms with Crippen molar-refractivity contribution in [3.8, 4) is 0 Å². The van der Waals surface area contributed by atoms with Crippen LogP contribution >= 0.6 is 0 Å². The van der Waals surface area contributed by atoms with Crippen molar-refractivity contribution in [1.29, 1.82) is 0 Å². The van der Waals surface area contributed by atoms with Crippen LogP contribution in [0.15, 0.2) is 4.99 Å². The van der Waals surface area contributed by atoms with Crippen LogP contribution < -0.4 is 11.1 Å². The average Bonchev–Trinajstić information content (AvgIpc) is 2.83. The van der Waals surface area contributed by atoms with Gasteiger partial charge in [-0.25, -0.2) is 0 Å². The second-order valence-electron chi connectivity index (χ2n) is 6.35. The first-order chi connectivity index (χ1) is 10.3. The number of guanidine groups is 1. The predicted molar refractivity (Wildman–Crippen MR) is 86.1 cm³/mol. The van der Waals surface area contributed by atoms with E-state index in [0.29, 0.717) is 31.4 Å². The van der Waals surface area contributed by atoms with E-state index in [1.165, 1.54) is 51.4 Å². The summed E-state index contributed by atoms with van der Waals surface area (Å²) in [5, 5.41) is 2.96. The number of carbonyl (C=O) groups excluding carboxylic acids is 1. The van der Waals surface area contributed by atoms with E-state index in [4.69, 9.17) is 5.73 Å². The molecule has 1 aliphatic carbocycles. The molecule has 3 N–H and O–H groups in total. The Hall–Kier alpha value is -1.26. The molecule has 5 nitrogen and oxygen atoms in total. The van der Waals surface area contributed by atoms with Crippen LogP contribution in [0.2, 0.25) is 0 Å². The molecule has 0 bridgehead atoms. The van der Waals surface area contributed by atoms with Crippen LogP contribution in [0.4, 0.5) is 0 Å². The first kappa shape index (κ1) is 16.1. The van der Waals surface area contributed by atoms with Gasteiger partial charge in [-0.3, -0.25) is 9.79 Å². The minimum atomic E-state index is 0.172. The van der Waals surface area contributed by atoms with Gasteiger partial charge in [0.2, 0.25) is 5.91 Å². The van der Waals surface area contributed by atoms with Gasteiger partial charge in [0.25, 0.3) is 0 Å². The quantitative estimate of drug-likeness (QED) is 0.462. The molecule has 0 unspecified atom stereocenters. The number of hydrogen-bond donors (Lipinski definition) is 2. The summed E-state index contributed by atoms with van der Waals surface area (Å²) < 4.78 is 0. The number of amides is 1. The van der Waals surface area contributed by atoms with Gasteiger partial charge >= 0.3 is 0 Å². The molecule has 0 aromatic heterocycles. The SMILES string of the molecule is NC(=NCCNC(=O)CC1CCCC1)N1CCCCCC1. The standard InChI is InChI=1S/C16H30N4O/c17-16(20-11-5-1-2-6-12-20)19-10-9-18-15(21)13-14-7-3-4-8-14/h14H,1-13H2,(H2,17,19)(H,18,21). The molecule has 2 fully saturated rings. The molecular weight excluding hydrogens is 264 g/mol. The zero-order valence-electron chi connectivity index (χ0n) is 13.1. The fraction of sp³-hybridized carbons (Fsp3) is 0.875. The molecule has 5 heteroatoms. The van der Waals surface area contributed by atoms with Crippen LogP contribution in [0, 0.1) is 5.92 Å². The minimum absolute atomic E-state index is 0.172. The first-order valence-corrected chi connectivity index (χ1v) is 8.57. The summed E-state index contributed by atoms with van der Waals surface area (Å²) in [4.78, 5) is 18.4. The van der Waals surface area contributed by atoms with Gasteiger partial charge in [0.05, 0.1) is 6.54 Å². The Balaban J connectivity index is 1.60. The highest BCUT2D eigenvalue weighted by atomic mass is 16.1. The molecule has 1 aliphatic heterocycles. The topological polar surface area (TPSA) is 70.7 Å². The molecule has 1 heterocycles. The lowest BCUT2D eigenvalue weighted by molar-refractivity contribution is -0.121. The summed E-state index contributed by atoms with van der Waals surface area (Å²) in [6.45, 7) is 3.21. The number of rotatable bonds is 5. The third-order valence-corrected chi connectivity index (χ3v) is 4.59. The maximum atomic E-state index is 11.8. The van der Waals surface area contributed by atoms with Gasteiger partial charge in [0.1, 0.15) is 0 Å². The second kappa shape index (κ2) is 8.90. The number of carbonyl (C=O) groups is 1. The van der Waals surface area contributed by atoms with E-state index in [9.17, 15) is 4.79 Å². The van der Waals surface area contributed by atoms with E-state index >= 15 is 0 Å². The lowest BCUT2D eigenvalue weighted by Crippen LogP contribution is -2.38. The van der Waals surface area contributed by atoms with E-state index in [0.717, 1.165) is 13.1 Å². The maximum Gasteiger partial charge on any atom is 0.220 e. The fourth-order valence-electron chi connectivity index (χ4n) is 3.31. The number of nitrogens with zero attached hydrogens (tertiary/aromatic N) is 2. The van der Waals surface area contributed by atoms with Gasteiger partial charge < -0.3 is 16.0 Å².